The van der Waals surface area contributed by atoms with Crippen molar-refractivity contribution in [3.8, 4) is 5.75 Å². The van der Waals surface area contributed by atoms with Gasteiger partial charge in [-0.3, -0.25) is 10.2 Å². The smallest absolute Gasteiger partial charge is 0.406 e. The summed E-state index contributed by atoms with van der Waals surface area (Å²) in [4.78, 5) is 17.3. The highest BCUT2D eigenvalue weighted by Gasteiger charge is 2.31. The Hall–Kier alpha value is -2.18. The van der Waals surface area contributed by atoms with Gasteiger partial charge in [-0.2, -0.15) is 0 Å². The summed E-state index contributed by atoms with van der Waals surface area (Å²) in [5.74, 6) is -1.19. The number of amides is 1. The van der Waals surface area contributed by atoms with Crippen molar-refractivity contribution in [3.63, 3.8) is 0 Å². The molecule has 0 saturated heterocycles. The van der Waals surface area contributed by atoms with Crippen molar-refractivity contribution in [2.75, 3.05) is 0 Å². The standard InChI is InChI=1S/C13H12F3N3O4S2/c1-8-17-9(7-24-8)6-12(20)18-19-25(21,22)11-4-2-10(3-5-11)23-13(14,15)16/h2-5,7,19H,6H2,1H3,(H,18,20). The number of hydrogen-bond acceptors (Lipinski definition) is 6. The first-order valence-electron chi connectivity index (χ1n) is 6.63. The van der Waals surface area contributed by atoms with Gasteiger partial charge in [0, 0.05) is 5.38 Å². The molecule has 12 heteroatoms. The highest BCUT2D eigenvalue weighted by molar-refractivity contribution is 7.89. The topological polar surface area (TPSA) is 97.4 Å². The normalized spacial score (nSPS) is 12.0. The molecule has 1 heterocycles. The summed E-state index contributed by atoms with van der Waals surface area (Å²) in [6.07, 6.45) is -4.99. The van der Waals surface area contributed by atoms with E-state index >= 15 is 0 Å². The number of aryl methyl sites for hydroxylation is 1. The van der Waals surface area contributed by atoms with Gasteiger partial charge >= 0.3 is 6.36 Å². The van der Waals surface area contributed by atoms with E-state index in [2.05, 4.69) is 9.72 Å². The first-order chi connectivity index (χ1) is 11.5. The van der Waals surface area contributed by atoms with E-state index < -0.39 is 28.0 Å². The molecule has 2 rings (SSSR count). The Kier molecular flexibility index (Phi) is 5.65. The number of nitrogens with one attached hydrogen (secondary N) is 2. The van der Waals surface area contributed by atoms with Gasteiger partial charge in [0.25, 0.3) is 10.0 Å². The fourth-order valence-electron chi connectivity index (χ4n) is 1.70. The highest BCUT2D eigenvalue weighted by atomic mass is 32.2. The van der Waals surface area contributed by atoms with Crippen LogP contribution >= 0.6 is 11.3 Å². The summed E-state index contributed by atoms with van der Waals surface area (Å²) in [5, 5.41) is 2.44. The van der Waals surface area contributed by atoms with E-state index in [0.29, 0.717) is 5.69 Å². The number of sulfonamides is 1. The van der Waals surface area contributed by atoms with Gasteiger partial charge in [0.15, 0.2) is 0 Å². The molecule has 0 aliphatic heterocycles. The second-order valence-electron chi connectivity index (χ2n) is 4.71. The number of carbonyl (C=O) groups excluding carboxylic acids is 1. The minimum atomic E-state index is -4.87. The van der Waals surface area contributed by atoms with Crippen LogP contribution in [0.1, 0.15) is 10.7 Å². The zero-order valence-corrected chi connectivity index (χ0v) is 14.3. The Balaban J connectivity index is 1.95. The largest absolute Gasteiger partial charge is 0.573 e. The SMILES string of the molecule is Cc1nc(CC(=O)NNS(=O)(=O)c2ccc(OC(F)(F)F)cc2)cs1. The molecule has 1 aromatic carbocycles. The summed E-state index contributed by atoms with van der Waals surface area (Å²) in [7, 11) is -4.14. The zero-order chi connectivity index (χ0) is 18.7. The molecule has 0 aliphatic carbocycles. The summed E-state index contributed by atoms with van der Waals surface area (Å²) in [6, 6.07) is 3.53. The van der Waals surface area contributed by atoms with E-state index in [0.717, 1.165) is 29.3 Å². The van der Waals surface area contributed by atoms with Gasteiger partial charge in [-0.05, 0) is 31.2 Å². The molecule has 1 aromatic heterocycles. The number of alkyl halides is 3. The predicted octanol–water partition coefficient (Wildman–Crippen LogP) is 1.90. The molecule has 1 amide bonds. The molecular weight excluding hydrogens is 383 g/mol. The van der Waals surface area contributed by atoms with E-state index in [4.69, 9.17) is 0 Å². The second-order valence-corrected chi connectivity index (χ2v) is 7.45. The fourth-order valence-corrected chi connectivity index (χ4v) is 3.17. The van der Waals surface area contributed by atoms with Crippen LogP contribution in [0.5, 0.6) is 5.75 Å². The van der Waals surface area contributed by atoms with E-state index in [1.165, 1.54) is 11.3 Å². The number of rotatable bonds is 6. The highest BCUT2D eigenvalue weighted by Crippen LogP contribution is 2.23. The predicted molar refractivity (Wildman–Crippen MR) is 82.1 cm³/mol. The molecule has 25 heavy (non-hydrogen) atoms. The van der Waals surface area contributed by atoms with Crippen molar-refractivity contribution in [1.29, 1.82) is 0 Å². The number of hydrogen-bond donors (Lipinski definition) is 2. The van der Waals surface area contributed by atoms with E-state index in [-0.39, 0.29) is 11.3 Å². The molecule has 0 unspecified atom stereocenters. The van der Waals surface area contributed by atoms with Gasteiger partial charge in [0.05, 0.1) is 22.0 Å². The van der Waals surface area contributed by atoms with Crippen molar-refractivity contribution < 1.29 is 31.1 Å². The first kappa shape index (κ1) is 19.1. The quantitative estimate of drug-likeness (QED) is 0.728. The summed E-state index contributed by atoms with van der Waals surface area (Å²) in [5.41, 5.74) is 2.50. The molecule has 0 radical (unpaired) electrons. The monoisotopic (exact) mass is 395 g/mol. The molecule has 0 aliphatic rings. The number of hydrazine groups is 1. The Labute approximate surface area is 144 Å². The lowest BCUT2D eigenvalue weighted by molar-refractivity contribution is -0.274. The molecule has 0 bridgehead atoms. The summed E-state index contributed by atoms with van der Waals surface area (Å²) < 4.78 is 63.8. The van der Waals surface area contributed by atoms with Crippen LogP contribution < -0.4 is 15.0 Å². The summed E-state index contributed by atoms with van der Waals surface area (Å²) >= 11 is 1.35. The van der Waals surface area contributed by atoms with Gasteiger partial charge in [-0.1, -0.05) is 0 Å². The average Bonchev–Trinajstić information content (AvgIpc) is 2.89. The van der Waals surface area contributed by atoms with Crippen LogP contribution in [-0.2, 0) is 21.2 Å². The zero-order valence-electron chi connectivity index (χ0n) is 12.6. The minimum absolute atomic E-state index is 0.120. The van der Waals surface area contributed by atoms with Crippen molar-refractivity contribution in [2.24, 2.45) is 0 Å². The third-order valence-corrected chi connectivity index (χ3v) is 4.79. The lowest BCUT2D eigenvalue weighted by Gasteiger charge is -2.10. The van der Waals surface area contributed by atoms with Crippen LogP contribution in [0.4, 0.5) is 13.2 Å². The number of benzene rings is 1. The first-order valence-corrected chi connectivity index (χ1v) is 8.99. The number of ether oxygens (including phenoxy) is 1. The van der Waals surface area contributed by atoms with Crippen molar-refractivity contribution >= 4 is 27.3 Å². The molecule has 0 fully saturated rings. The lowest BCUT2D eigenvalue weighted by Crippen LogP contribution is -2.42. The Morgan fingerprint density at radius 3 is 2.44 bits per heavy atom. The number of aromatic nitrogens is 1. The molecule has 136 valence electrons. The Bertz CT molecular complexity index is 848. The van der Waals surface area contributed by atoms with Gasteiger partial charge < -0.3 is 4.74 Å². The number of halogens is 3. The fraction of sp³-hybridized carbons (Fsp3) is 0.231. The van der Waals surface area contributed by atoms with Gasteiger partial charge in [-0.15, -0.1) is 29.3 Å². The van der Waals surface area contributed by atoms with Crippen molar-refractivity contribution in [1.82, 2.24) is 15.2 Å². The van der Waals surface area contributed by atoms with Crippen LogP contribution in [0, 0.1) is 6.92 Å². The number of carbonyl (C=O) groups is 1. The third-order valence-electron chi connectivity index (χ3n) is 2.70. The average molecular weight is 395 g/mol. The molecule has 2 N–H and O–H groups in total. The second kappa shape index (κ2) is 7.37. The number of thiazole rings is 1. The molecule has 0 atom stereocenters. The van der Waals surface area contributed by atoms with Crippen LogP contribution in [0.2, 0.25) is 0 Å². The lowest BCUT2D eigenvalue weighted by atomic mass is 10.3. The van der Waals surface area contributed by atoms with Crippen molar-refractivity contribution in [3.05, 3.63) is 40.3 Å². The number of nitrogens with zero attached hydrogens (tertiary/aromatic N) is 1. The van der Waals surface area contributed by atoms with Crippen LogP contribution in [-0.4, -0.2) is 25.7 Å². The third kappa shape index (κ3) is 5.99. The van der Waals surface area contributed by atoms with E-state index in [1.54, 1.807) is 12.3 Å². The maximum Gasteiger partial charge on any atom is 0.573 e. The van der Waals surface area contributed by atoms with Crippen molar-refractivity contribution in [2.45, 2.75) is 24.6 Å². The minimum Gasteiger partial charge on any atom is -0.406 e. The summed E-state index contributed by atoms with van der Waals surface area (Å²) in [6.45, 7) is 1.76. The van der Waals surface area contributed by atoms with Crippen LogP contribution in [0.15, 0.2) is 34.5 Å². The van der Waals surface area contributed by atoms with E-state index in [9.17, 15) is 26.4 Å². The van der Waals surface area contributed by atoms with Gasteiger partial charge in [0.1, 0.15) is 5.75 Å². The molecule has 7 nitrogen and oxygen atoms in total. The Morgan fingerprint density at radius 1 is 1.28 bits per heavy atom. The van der Waals surface area contributed by atoms with Gasteiger partial charge in [0.2, 0.25) is 5.91 Å². The Morgan fingerprint density at radius 2 is 1.92 bits per heavy atom. The molecular formula is C13H12F3N3O4S2. The maximum atomic E-state index is 12.1. The van der Waals surface area contributed by atoms with Gasteiger partial charge in [-0.25, -0.2) is 13.4 Å². The maximum absolute atomic E-state index is 12.1. The van der Waals surface area contributed by atoms with Crippen LogP contribution in [0.25, 0.3) is 0 Å². The molecule has 0 spiro atoms. The molecule has 2 aromatic rings. The van der Waals surface area contributed by atoms with E-state index in [1.807, 2.05) is 10.3 Å². The molecule has 0 saturated carbocycles. The van der Waals surface area contributed by atoms with Crippen LogP contribution in [0.3, 0.4) is 0 Å².